The lowest BCUT2D eigenvalue weighted by atomic mass is 10.3. The van der Waals surface area contributed by atoms with Crippen LogP contribution in [0.4, 0.5) is 5.95 Å². The van der Waals surface area contributed by atoms with Crippen molar-refractivity contribution in [3.8, 4) is 5.75 Å². The van der Waals surface area contributed by atoms with E-state index >= 15 is 0 Å². The summed E-state index contributed by atoms with van der Waals surface area (Å²) in [7, 11) is 0. The number of hydrogen-bond acceptors (Lipinski definition) is 5. The minimum atomic E-state index is -0.728. The second-order valence-corrected chi connectivity index (χ2v) is 5.40. The molecule has 0 saturated carbocycles. The van der Waals surface area contributed by atoms with E-state index in [0.717, 1.165) is 0 Å². The molecule has 0 radical (unpaired) electrons. The highest BCUT2D eigenvalue weighted by atomic mass is 16.5. The Labute approximate surface area is 137 Å². The fraction of sp³-hybridized carbons (Fsp3) is 0.250. The molecule has 2 heterocycles. The number of para-hydroxylation sites is 1. The molecule has 0 unspecified atom stereocenters. The summed E-state index contributed by atoms with van der Waals surface area (Å²) in [4.78, 5) is 32.7. The van der Waals surface area contributed by atoms with Gasteiger partial charge in [0.15, 0.2) is 6.10 Å². The van der Waals surface area contributed by atoms with Crippen LogP contribution >= 0.6 is 0 Å². The van der Waals surface area contributed by atoms with Gasteiger partial charge in [0.05, 0.1) is 0 Å². The third kappa shape index (κ3) is 2.98. The number of H-pyrrole nitrogens is 1. The molecule has 0 aliphatic carbocycles. The Morgan fingerprint density at radius 1 is 1.25 bits per heavy atom. The van der Waals surface area contributed by atoms with Gasteiger partial charge in [-0.05, 0) is 32.9 Å². The number of amides is 1. The Morgan fingerprint density at radius 2 is 1.96 bits per heavy atom. The number of aryl methyl sites for hydroxylation is 1. The van der Waals surface area contributed by atoms with E-state index in [-0.39, 0.29) is 23.2 Å². The number of benzene rings is 1. The van der Waals surface area contributed by atoms with Gasteiger partial charge in [-0.1, -0.05) is 18.2 Å². The third-order valence-corrected chi connectivity index (χ3v) is 3.63. The largest absolute Gasteiger partial charge is 0.481 e. The highest BCUT2D eigenvalue weighted by Gasteiger charge is 2.17. The molecular weight excluding hydrogens is 310 g/mol. The topological polar surface area (TPSA) is 101 Å². The number of rotatable bonds is 4. The van der Waals surface area contributed by atoms with Crippen molar-refractivity contribution in [2.45, 2.75) is 26.9 Å². The lowest BCUT2D eigenvalue weighted by Gasteiger charge is -2.13. The first kappa shape index (κ1) is 15.7. The van der Waals surface area contributed by atoms with Crippen LogP contribution < -0.4 is 15.6 Å². The molecule has 24 heavy (non-hydrogen) atoms. The second-order valence-electron chi connectivity index (χ2n) is 5.40. The van der Waals surface area contributed by atoms with Crippen LogP contribution in [0.15, 0.2) is 35.1 Å². The summed E-state index contributed by atoms with van der Waals surface area (Å²) in [6.45, 7) is 5.05. The molecule has 3 aromatic rings. The van der Waals surface area contributed by atoms with Crippen LogP contribution in [0.1, 0.15) is 18.2 Å². The molecule has 0 bridgehead atoms. The molecule has 0 aliphatic heterocycles. The molecule has 2 N–H and O–H groups in total. The molecule has 0 saturated heterocycles. The minimum absolute atomic E-state index is 0.137. The minimum Gasteiger partial charge on any atom is -0.481 e. The fourth-order valence-electron chi connectivity index (χ4n) is 2.13. The number of nitrogens with zero attached hydrogens (tertiary/aromatic N) is 3. The van der Waals surface area contributed by atoms with Gasteiger partial charge in [0.2, 0.25) is 5.95 Å². The highest BCUT2D eigenvalue weighted by molar-refractivity contribution is 5.92. The molecule has 0 spiro atoms. The maximum atomic E-state index is 12.2. The van der Waals surface area contributed by atoms with Crippen molar-refractivity contribution in [1.29, 1.82) is 0 Å². The van der Waals surface area contributed by atoms with Gasteiger partial charge in [0, 0.05) is 11.3 Å². The first-order valence-corrected chi connectivity index (χ1v) is 7.44. The number of ether oxygens (including phenoxy) is 1. The van der Waals surface area contributed by atoms with Crippen LogP contribution in [0.2, 0.25) is 0 Å². The van der Waals surface area contributed by atoms with E-state index in [4.69, 9.17) is 4.74 Å². The van der Waals surface area contributed by atoms with E-state index in [1.54, 1.807) is 32.9 Å². The smallest absolute Gasteiger partial charge is 0.277 e. The SMILES string of the molecule is Cc1nc2nc(NC(=O)[C@@H](C)Oc3ccccc3)[nH]n2c(=O)c1C. The Bertz CT molecular complexity index is 945. The van der Waals surface area contributed by atoms with Crippen molar-refractivity contribution in [2.75, 3.05) is 5.32 Å². The van der Waals surface area contributed by atoms with Gasteiger partial charge in [-0.2, -0.15) is 9.50 Å². The molecule has 1 atom stereocenters. The molecule has 0 aliphatic rings. The summed E-state index contributed by atoms with van der Waals surface area (Å²) in [5.41, 5.74) is 0.874. The summed E-state index contributed by atoms with van der Waals surface area (Å²) < 4.78 is 6.74. The van der Waals surface area contributed by atoms with E-state index in [1.165, 1.54) is 4.52 Å². The quantitative estimate of drug-likeness (QED) is 0.755. The molecular formula is C16H17N5O3. The maximum Gasteiger partial charge on any atom is 0.277 e. The van der Waals surface area contributed by atoms with Gasteiger partial charge in [-0.3, -0.25) is 20.0 Å². The Balaban J connectivity index is 1.78. The highest BCUT2D eigenvalue weighted by Crippen LogP contribution is 2.12. The van der Waals surface area contributed by atoms with E-state index in [9.17, 15) is 9.59 Å². The Kier molecular flexibility index (Phi) is 4.03. The number of nitrogens with one attached hydrogen (secondary N) is 2. The maximum absolute atomic E-state index is 12.2. The van der Waals surface area contributed by atoms with E-state index in [1.807, 2.05) is 18.2 Å². The number of aromatic nitrogens is 4. The van der Waals surface area contributed by atoms with Crippen molar-refractivity contribution in [3.63, 3.8) is 0 Å². The molecule has 1 aromatic carbocycles. The predicted octanol–water partition coefficient (Wildman–Crippen LogP) is 1.44. The zero-order valence-corrected chi connectivity index (χ0v) is 13.5. The van der Waals surface area contributed by atoms with Crippen LogP contribution in [0.3, 0.4) is 0 Å². The first-order chi connectivity index (χ1) is 11.5. The van der Waals surface area contributed by atoms with E-state index < -0.39 is 6.10 Å². The van der Waals surface area contributed by atoms with Crippen LogP contribution in [0.25, 0.3) is 5.78 Å². The van der Waals surface area contributed by atoms with Crippen molar-refractivity contribution in [3.05, 3.63) is 51.9 Å². The standard InChI is InChI=1S/C16H17N5O3/c1-9-10(2)17-16-19-15(20-21(16)14(9)23)18-13(22)11(3)24-12-7-5-4-6-8-12/h4-8,11H,1-3H3,(H2,17,18,19,20,22)/t11-/m1/s1. The second kappa shape index (κ2) is 6.15. The van der Waals surface area contributed by atoms with Crippen LogP contribution in [-0.4, -0.2) is 31.6 Å². The van der Waals surface area contributed by atoms with E-state index in [0.29, 0.717) is 17.0 Å². The summed E-state index contributed by atoms with van der Waals surface area (Å²) in [5, 5.41) is 5.31. The normalized spacial score (nSPS) is 12.1. The first-order valence-electron chi connectivity index (χ1n) is 7.44. The zero-order chi connectivity index (χ0) is 17.3. The van der Waals surface area contributed by atoms with Crippen molar-refractivity contribution >= 4 is 17.6 Å². The van der Waals surface area contributed by atoms with Crippen molar-refractivity contribution in [2.24, 2.45) is 0 Å². The zero-order valence-electron chi connectivity index (χ0n) is 13.5. The van der Waals surface area contributed by atoms with Gasteiger partial charge in [-0.25, -0.2) is 4.98 Å². The number of carbonyl (C=O) groups is 1. The lowest BCUT2D eigenvalue weighted by molar-refractivity contribution is -0.122. The number of fused-ring (bicyclic) bond motifs is 1. The molecule has 124 valence electrons. The van der Waals surface area contributed by atoms with Gasteiger partial charge in [0.25, 0.3) is 17.2 Å². The third-order valence-electron chi connectivity index (χ3n) is 3.63. The molecule has 1 amide bonds. The van der Waals surface area contributed by atoms with Gasteiger partial charge in [-0.15, -0.1) is 0 Å². The number of carbonyl (C=O) groups excluding carboxylic acids is 1. The lowest BCUT2D eigenvalue weighted by Crippen LogP contribution is -2.30. The number of aromatic amines is 1. The van der Waals surface area contributed by atoms with Crippen LogP contribution in [0, 0.1) is 13.8 Å². The Hall–Kier alpha value is -3.16. The van der Waals surface area contributed by atoms with Crippen LogP contribution in [0.5, 0.6) is 5.75 Å². The number of hydrogen-bond donors (Lipinski definition) is 2. The number of anilines is 1. The summed E-state index contributed by atoms with van der Waals surface area (Å²) in [6.07, 6.45) is -0.728. The monoisotopic (exact) mass is 327 g/mol. The molecule has 8 nitrogen and oxygen atoms in total. The summed E-state index contributed by atoms with van der Waals surface area (Å²) in [5.74, 6) is 0.543. The molecule has 3 rings (SSSR count). The average Bonchev–Trinajstić information content (AvgIpc) is 2.96. The van der Waals surface area contributed by atoms with Gasteiger partial charge >= 0.3 is 0 Å². The van der Waals surface area contributed by atoms with Gasteiger partial charge in [0.1, 0.15) is 5.75 Å². The summed E-state index contributed by atoms with van der Waals surface area (Å²) >= 11 is 0. The average molecular weight is 327 g/mol. The molecule has 0 fully saturated rings. The van der Waals surface area contributed by atoms with Gasteiger partial charge < -0.3 is 4.74 Å². The fourth-order valence-corrected chi connectivity index (χ4v) is 2.13. The van der Waals surface area contributed by atoms with Crippen molar-refractivity contribution < 1.29 is 9.53 Å². The predicted molar refractivity (Wildman–Crippen MR) is 88.2 cm³/mol. The summed E-state index contributed by atoms with van der Waals surface area (Å²) in [6, 6.07) is 9.03. The molecule has 2 aromatic heterocycles. The van der Waals surface area contributed by atoms with Crippen LogP contribution in [-0.2, 0) is 4.79 Å². The molecule has 8 heteroatoms. The Morgan fingerprint density at radius 3 is 2.67 bits per heavy atom. The van der Waals surface area contributed by atoms with Crippen molar-refractivity contribution in [1.82, 2.24) is 19.6 Å². The van der Waals surface area contributed by atoms with E-state index in [2.05, 4.69) is 20.4 Å².